The van der Waals surface area contributed by atoms with Crippen LogP contribution in [-0.4, -0.2) is 16.2 Å². The lowest BCUT2D eigenvalue weighted by Crippen LogP contribution is -2.25. The van der Waals surface area contributed by atoms with Gasteiger partial charge in [-0.2, -0.15) is 0 Å². The van der Waals surface area contributed by atoms with Gasteiger partial charge in [-0.15, -0.1) is 0 Å². The highest BCUT2D eigenvalue weighted by Gasteiger charge is 2.32. The highest BCUT2D eigenvalue weighted by atomic mass is 16.5. The van der Waals surface area contributed by atoms with E-state index >= 15 is 0 Å². The summed E-state index contributed by atoms with van der Waals surface area (Å²) in [6, 6.07) is 53.0. The van der Waals surface area contributed by atoms with Crippen LogP contribution in [0.3, 0.4) is 0 Å². The van der Waals surface area contributed by atoms with Crippen molar-refractivity contribution in [1.82, 2.24) is 9.55 Å². The summed E-state index contributed by atoms with van der Waals surface area (Å²) in [6.07, 6.45) is 1.95. The van der Waals surface area contributed by atoms with Crippen LogP contribution in [0.2, 0.25) is 0 Å². The van der Waals surface area contributed by atoms with Gasteiger partial charge in [0.05, 0.1) is 22.4 Å². The first kappa shape index (κ1) is 41.0. The number of para-hydroxylation sites is 3. The first-order valence-corrected chi connectivity index (χ1v) is 22.1. The fourth-order valence-electron chi connectivity index (χ4n) is 9.05. The first-order valence-electron chi connectivity index (χ1n) is 22.1. The summed E-state index contributed by atoms with van der Waals surface area (Å²) in [5, 5.41) is 2.40. The van der Waals surface area contributed by atoms with Crippen molar-refractivity contribution in [3.63, 3.8) is 0 Å². The van der Waals surface area contributed by atoms with E-state index in [0.29, 0.717) is 6.67 Å². The number of anilines is 4. The summed E-state index contributed by atoms with van der Waals surface area (Å²) in [5.74, 6) is 2.48. The Kier molecular flexibility index (Phi) is 9.89. The van der Waals surface area contributed by atoms with Gasteiger partial charge in [-0.1, -0.05) is 149 Å². The zero-order valence-electron chi connectivity index (χ0n) is 38.3. The van der Waals surface area contributed by atoms with Crippen molar-refractivity contribution in [3.8, 4) is 17.3 Å². The Hall–Kier alpha value is -6.33. The molecule has 5 heteroatoms. The van der Waals surface area contributed by atoms with Crippen LogP contribution in [0.4, 0.5) is 22.7 Å². The van der Waals surface area contributed by atoms with Gasteiger partial charge >= 0.3 is 0 Å². The zero-order chi connectivity index (χ0) is 43.8. The van der Waals surface area contributed by atoms with Crippen LogP contribution in [0.25, 0.3) is 27.6 Å². The summed E-state index contributed by atoms with van der Waals surface area (Å²) >= 11 is 0. The van der Waals surface area contributed by atoms with Gasteiger partial charge in [0.1, 0.15) is 24.0 Å². The Labute approximate surface area is 368 Å². The molecule has 8 aromatic rings. The molecular weight excluding hydrogens is 757 g/mol. The minimum absolute atomic E-state index is 0.0374. The van der Waals surface area contributed by atoms with Crippen molar-refractivity contribution in [2.24, 2.45) is 0 Å². The third-order valence-corrected chi connectivity index (χ3v) is 12.8. The molecule has 0 saturated carbocycles. The number of aromatic nitrogens is 2. The van der Waals surface area contributed by atoms with E-state index in [9.17, 15) is 0 Å². The molecule has 0 aliphatic carbocycles. The van der Waals surface area contributed by atoms with Gasteiger partial charge in [0.15, 0.2) is 0 Å². The number of benzene rings is 6. The summed E-state index contributed by atoms with van der Waals surface area (Å²) in [5.41, 5.74) is 12.6. The van der Waals surface area contributed by atoms with E-state index in [-0.39, 0.29) is 21.7 Å². The van der Waals surface area contributed by atoms with Crippen molar-refractivity contribution in [1.29, 1.82) is 0 Å². The predicted molar refractivity (Wildman–Crippen MR) is 262 cm³/mol. The fraction of sp³-hybridized carbons (Fsp3) is 0.281. The van der Waals surface area contributed by atoms with E-state index in [0.717, 1.165) is 34.0 Å². The number of rotatable bonds is 7. The van der Waals surface area contributed by atoms with Crippen LogP contribution in [0.15, 0.2) is 152 Å². The molecule has 9 rings (SSSR count). The predicted octanol–water partition coefficient (Wildman–Crippen LogP) is 15.4. The van der Waals surface area contributed by atoms with E-state index in [1.807, 2.05) is 6.20 Å². The number of fused-ring (bicyclic) bond motifs is 4. The van der Waals surface area contributed by atoms with Gasteiger partial charge < -0.3 is 14.5 Å². The summed E-state index contributed by atoms with van der Waals surface area (Å²) in [7, 11) is 0. The van der Waals surface area contributed by atoms with E-state index in [1.165, 1.54) is 55.7 Å². The lowest BCUT2D eigenvalue weighted by Gasteiger charge is -2.28. The topological polar surface area (TPSA) is 33.5 Å². The van der Waals surface area contributed by atoms with Crippen molar-refractivity contribution in [2.75, 3.05) is 16.5 Å². The second kappa shape index (κ2) is 14.9. The minimum atomic E-state index is -0.361. The largest absolute Gasteiger partial charge is 0.457 e. The quantitative estimate of drug-likeness (QED) is 0.160. The Morgan fingerprint density at radius 2 is 1.05 bits per heavy atom. The molecule has 314 valence electrons. The first-order chi connectivity index (χ1) is 29.4. The molecule has 6 aromatic carbocycles. The Bertz CT molecular complexity index is 2950. The zero-order valence-corrected chi connectivity index (χ0v) is 38.3. The van der Waals surface area contributed by atoms with Gasteiger partial charge in [0, 0.05) is 45.9 Å². The summed E-state index contributed by atoms with van der Waals surface area (Å²) in [4.78, 5) is 9.89. The minimum Gasteiger partial charge on any atom is -0.457 e. The van der Waals surface area contributed by atoms with E-state index < -0.39 is 0 Å². The second-order valence-electron chi connectivity index (χ2n) is 20.7. The molecule has 3 heterocycles. The number of hydrogen-bond acceptors (Lipinski definition) is 4. The Balaban J connectivity index is 1.23. The molecule has 2 aromatic heterocycles. The lowest BCUT2D eigenvalue weighted by molar-refractivity contribution is 0.477. The van der Waals surface area contributed by atoms with Crippen molar-refractivity contribution < 1.29 is 4.74 Å². The molecule has 5 nitrogen and oxygen atoms in total. The Morgan fingerprint density at radius 3 is 1.74 bits per heavy atom. The average molecular weight is 817 g/mol. The third-order valence-electron chi connectivity index (χ3n) is 12.8. The van der Waals surface area contributed by atoms with Gasteiger partial charge in [0.25, 0.3) is 0 Å². The molecule has 0 amide bonds. The maximum Gasteiger partial charge on any atom is 0.137 e. The molecule has 0 saturated heterocycles. The van der Waals surface area contributed by atoms with Crippen molar-refractivity contribution in [2.45, 2.75) is 97.8 Å². The van der Waals surface area contributed by atoms with Crippen LogP contribution >= 0.6 is 0 Å². The molecule has 0 radical (unpaired) electrons. The van der Waals surface area contributed by atoms with Gasteiger partial charge in [0.2, 0.25) is 0 Å². The Morgan fingerprint density at radius 1 is 0.468 bits per heavy atom. The number of hydrogen-bond donors (Lipinski definition) is 0. The highest BCUT2D eigenvalue weighted by molar-refractivity contribution is 6.12. The van der Waals surface area contributed by atoms with Crippen LogP contribution in [0.5, 0.6) is 11.5 Å². The number of ether oxygens (including phenoxy) is 1. The van der Waals surface area contributed by atoms with E-state index in [1.54, 1.807) is 0 Å². The van der Waals surface area contributed by atoms with Crippen molar-refractivity contribution in [3.05, 3.63) is 180 Å². The molecule has 1 aliphatic heterocycles. The molecule has 1 aliphatic rings. The molecule has 0 atom stereocenters. The van der Waals surface area contributed by atoms with Crippen LogP contribution < -0.4 is 14.5 Å². The average Bonchev–Trinajstić information content (AvgIpc) is 3.79. The SMILES string of the molecule is CC(C)(C)c1cccc(N2CN(c3cc(Oc4cc(C(C)(C)c5ccccc5)c5c6ccccc6n(-c6cc(C(C)(C)C)ccn6)c5c4)cc(C(C)(C)C)c3)c3ccccc32)c1. The second-order valence-corrected chi connectivity index (χ2v) is 20.7. The van der Waals surface area contributed by atoms with Gasteiger partial charge in [-0.05, 0) is 105 Å². The normalized spacial score (nSPS) is 13.6. The molecule has 0 N–H and O–H groups in total. The van der Waals surface area contributed by atoms with E-state index in [2.05, 4.69) is 236 Å². The van der Waals surface area contributed by atoms with Crippen LogP contribution in [0, 0.1) is 0 Å². The fourth-order valence-corrected chi connectivity index (χ4v) is 9.05. The number of nitrogens with zero attached hydrogens (tertiary/aromatic N) is 4. The molecule has 0 fully saturated rings. The number of pyridine rings is 1. The van der Waals surface area contributed by atoms with E-state index in [4.69, 9.17) is 9.72 Å². The highest BCUT2D eigenvalue weighted by Crippen LogP contribution is 2.48. The molecule has 62 heavy (non-hydrogen) atoms. The lowest BCUT2D eigenvalue weighted by atomic mass is 9.76. The van der Waals surface area contributed by atoms with Crippen molar-refractivity contribution >= 4 is 44.6 Å². The van der Waals surface area contributed by atoms with Crippen LogP contribution in [0.1, 0.15) is 104 Å². The standard InChI is InChI=1S/C57H60N4O/c1-54(2,3)39-22-19-23-42(30-39)59-37-60(50-27-18-17-26-49(50)59)43-31-41(56(7,8)9)32-44(34-43)62-45-35-47(57(10,11)38-20-13-12-14-21-38)53-46-24-15-16-25-48(46)61(51(53)36-45)52-33-40(28-29-58-52)55(4,5)6/h12-36H,37H2,1-11H3. The monoisotopic (exact) mass is 816 g/mol. The van der Waals surface area contributed by atoms with Gasteiger partial charge in [-0.25, -0.2) is 4.98 Å². The van der Waals surface area contributed by atoms with Crippen LogP contribution in [-0.2, 0) is 21.7 Å². The van der Waals surface area contributed by atoms with Gasteiger partial charge in [-0.3, -0.25) is 4.57 Å². The molecule has 0 unspecified atom stereocenters. The molecular formula is C57H60N4O. The maximum atomic E-state index is 7.24. The molecule has 0 spiro atoms. The third kappa shape index (κ3) is 7.42. The summed E-state index contributed by atoms with van der Waals surface area (Å²) in [6.45, 7) is 25.8. The maximum absolute atomic E-state index is 7.24. The smallest absolute Gasteiger partial charge is 0.137 e. The molecule has 0 bridgehead atoms. The summed E-state index contributed by atoms with van der Waals surface area (Å²) < 4.78 is 9.57.